The van der Waals surface area contributed by atoms with E-state index < -0.39 is 17.5 Å². The van der Waals surface area contributed by atoms with Gasteiger partial charge < -0.3 is 10.2 Å². The van der Waals surface area contributed by atoms with Crippen LogP contribution in [0, 0.1) is 5.82 Å². The normalized spacial score (nSPS) is 10.5. The summed E-state index contributed by atoms with van der Waals surface area (Å²) >= 11 is 5.64. The van der Waals surface area contributed by atoms with E-state index >= 15 is 0 Å². The number of aromatic amines is 1. The SMILES string of the molecule is O=C(O)c1cc(-c2cc(Cl)cc(F)c2O)n[nH]1. The van der Waals surface area contributed by atoms with Gasteiger partial charge in [-0.3, -0.25) is 5.10 Å². The zero-order chi connectivity index (χ0) is 12.6. The second-order valence-electron chi connectivity index (χ2n) is 3.26. The highest BCUT2D eigenvalue weighted by Crippen LogP contribution is 2.33. The molecule has 2 aromatic rings. The van der Waals surface area contributed by atoms with Crippen molar-refractivity contribution in [2.45, 2.75) is 0 Å². The number of phenolic OH excluding ortho intramolecular Hbond substituents is 1. The third-order valence-corrected chi connectivity index (χ3v) is 2.33. The lowest BCUT2D eigenvalue weighted by molar-refractivity contribution is 0.0690. The number of carboxylic acids is 1. The monoisotopic (exact) mass is 256 g/mol. The number of aromatic hydroxyl groups is 1. The van der Waals surface area contributed by atoms with Crippen molar-refractivity contribution < 1.29 is 19.4 Å². The van der Waals surface area contributed by atoms with Crippen LogP contribution in [0.5, 0.6) is 5.75 Å². The first-order valence-electron chi connectivity index (χ1n) is 4.46. The predicted molar refractivity (Wildman–Crippen MR) is 57.6 cm³/mol. The Morgan fingerprint density at radius 1 is 1.41 bits per heavy atom. The number of aromatic carboxylic acids is 1. The minimum absolute atomic E-state index is 0.0266. The third kappa shape index (κ3) is 2.07. The highest BCUT2D eigenvalue weighted by Gasteiger charge is 2.15. The van der Waals surface area contributed by atoms with Gasteiger partial charge in [-0.05, 0) is 18.2 Å². The fourth-order valence-corrected chi connectivity index (χ4v) is 1.54. The van der Waals surface area contributed by atoms with Crippen molar-refractivity contribution in [2.24, 2.45) is 0 Å². The molecule has 1 aromatic carbocycles. The van der Waals surface area contributed by atoms with Crippen LogP contribution in [-0.4, -0.2) is 26.4 Å². The van der Waals surface area contributed by atoms with Gasteiger partial charge in [-0.1, -0.05) is 11.6 Å². The van der Waals surface area contributed by atoms with Gasteiger partial charge in [0.25, 0.3) is 0 Å². The molecule has 1 aromatic heterocycles. The molecule has 1 heterocycles. The lowest BCUT2D eigenvalue weighted by atomic mass is 10.1. The number of carboxylic acid groups (broad SMARTS) is 1. The minimum atomic E-state index is -1.20. The lowest BCUT2D eigenvalue weighted by Gasteiger charge is -2.02. The summed E-state index contributed by atoms with van der Waals surface area (Å²) in [5.41, 5.74) is -0.0418. The quantitative estimate of drug-likeness (QED) is 0.769. The molecule has 0 unspecified atom stereocenters. The summed E-state index contributed by atoms with van der Waals surface area (Å²) in [6.45, 7) is 0. The summed E-state index contributed by atoms with van der Waals surface area (Å²) < 4.78 is 13.2. The summed E-state index contributed by atoms with van der Waals surface area (Å²) in [6.07, 6.45) is 0. The largest absolute Gasteiger partial charge is 0.504 e. The number of phenols is 1. The van der Waals surface area contributed by atoms with Gasteiger partial charge in [-0.25, -0.2) is 9.18 Å². The number of nitrogens with one attached hydrogen (secondary N) is 1. The van der Waals surface area contributed by atoms with Crippen molar-refractivity contribution in [3.05, 3.63) is 34.7 Å². The van der Waals surface area contributed by atoms with Gasteiger partial charge in [0.05, 0.1) is 5.69 Å². The maximum absolute atomic E-state index is 13.2. The van der Waals surface area contributed by atoms with Crippen molar-refractivity contribution in [1.82, 2.24) is 10.2 Å². The minimum Gasteiger partial charge on any atom is -0.504 e. The molecule has 2 rings (SSSR count). The number of hydrogen-bond acceptors (Lipinski definition) is 3. The summed E-state index contributed by atoms with van der Waals surface area (Å²) in [5.74, 6) is -2.73. The fourth-order valence-electron chi connectivity index (χ4n) is 1.33. The standard InChI is InChI=1S/C10H6ClFN2O3/c11-4-1-5(9(15)6(12)2-4)7-3-8(10(16)17)14-13-7/h1-3,15H,(H,13,14)(H,16,17). The van der Waals surface area contributed by atoms with E-state index in [2.05, 4.69) is 10.2 Å². The molecule has 0 aliphatic carbocycles. The maximum Gasteiger partial charge on any atom is 0.353 e. The number of H-pyrrole nitrogens is 1. The van der Waals surface area contributed by atoms with Crippen LogP contribution in [-0.2, 0) is 0 Å². The smallest absolute Gasteiger partial charge is 0.353 e. The molecule has 0 aliphatic heterocycles. The van der Waals surface area contributed by atoms with Crippen molar-refractivity contribution >= 4 is 17.6 Å². The van der Waals surface area contributed by atoms with Gasteiger partial charge in [-0.2, -0.15) is 5.10 Å². The zero-order valence-corrected chi connectivity index (χ0v) is 8.99. The van der Waals surface area contributed by atoms with E-state index in [9.17, 15) is 14.3 Å². The summed E-state index contributed by atoms with van der Waals surface area (Å²) in [7, 11) is 0. The highest BCUT2D eigenvalue weighted by molar-refractivity contribution is 6.31. The molecule has 0 amide bonds. The number of aromatic nitrogens is 2. The number of benzene rings is 1. The Hall–Kier alpha value is -2.08. The molecule has 0 radical (unpaired) electrons. The van der Waals surface area contributed by atoms with E-state index in [1.54, 1.807) is 0 Å². The molecule has 0 saturated heterocycles. The first-order chi connectivity index (χ1) is 7.99. The summed E-state index contributed by atoms with van der Waals surface area (Å²) in [4.78, 5) is 10.6. The van der Waals surface area contributed by atoms with Crippen LogP contribution in [0.15, 0.2) is 18.2 Å². The molecule has 0 saturated carbocycles. The molecule has 5 nitrogen and oxygen atoms in total. The molecule has 0 atom stereocenters. The first-order valence-corrected chi connectivity index (χ1v) is 4.84. The topological polar surface area (TPSA) is 86.2 Å². The highest BCUT2D eigenvalue weighted by atomic mass is 35.5. The molecule has 0 fully saturated rings. The average Bonchev–Trinajstić information content (AvgIpc) is 2.72. The van der Waals surface area contributed by atoms with Gasteiger partial charge in [0.2, 0.25) is 0 Å². The Bertz CT molecular complexity index is 597. The van der Waals surface area contributed by atoms with Gasteiger partial charge in [0.1, 0.15) is 5.69 Å². The van der Waals surface area contributed by atoms with Crippen LogP contribution in [0.25, 0.3) is 11.3 Å². The van der Waals surface area contributed by atoms with E-state index in [1.165, 1.54) is 12.1 Å². The fraction of sp³-hybridized carbons (Fsp3) is 0. The molecule has 3 N–H and O–H groups in total. The molecule has 0 aliphatic rings. The Kier molecular flexibility index (Phi) is 2.72. The van der Waals surface area contributed by atoms with E-state index in [0.717, 1.165) is 6.07 Å². The molecular formula is C10H6ClFN2O3. The van der Waals surface area contributed by atoms with E-state index in [0.29, 0.717) is 0 Å². The number of hydrogen-bond donors (Lipinski definition) is 3. The molecule has 0 spiro atoms. The van der Waals surface area contributed by atoms with Crippen LogP contribution in [0.4, 0.5) is 4.39 Å². The van der Waals surface area contributed by atoms with Crippen LogP contribution in [0.2, 0.25) is 5.02 Å². The zero-order valence-electron chi connectivity index (χ0n) is 8.24. The van der Waals surface area contributed by atoms with E-state index in [1.807, 2.05) is 0 Å². The van der Waals surface area contributed by atoms with Gasteiger partial charge >= 0.3 is 5.97 Å². The molecular weight excluding hydrogens is 251 g/mol. The van der Waals surface area contributed by atoms with Crippen LogP contribution in [0.3, 0.4) is 0 Å². The summed E-state index contributed by atoms with van der Waals surface area (Å²) in [5, 5.41) is 24.2. The molecule has 7 heteroatoms. The van der Waals surface area contributed by atoms with Crippen LogP contribution < -0.4 is 0 Å². The van der Waals surface area contributed by atoms with E-state index in [4.69, 9.17) is 16.7 Å². The number of rotatable bonds is 2. The average molecular weight is 257 g/mol. The molecule has 0 bridgehead atoms. The second kappa shape index (κ2) is 4.06. The van der Waals surface area contributed by atoms with Crippen molar-refractivity contribution in [2.75, 3.05) is 0 Å². The van der Waals surface area contributed by atoms with Crippen LogP contribution in [0.1, 0.15) is 10.5 Å². The lowest BCUT2D eigenvalue weighted by Crippen LogP contribution is -1.95. The summed E-state index contributed by atoms with van der Waals surface area (Å²) in [6, 6.07) is 3.42. The van der Waals surface area contributed by atoms with Gasteiger partial charge in [0.15, 0.2) is 11.6 Å². The van der Waals surface area contributed by atoms with Gasteiger partial charge in [0, 0.05) is 10.6 Å². The third-order valence-electron chi connectivity index (χ3n) is 2.11. The number of carbonyl (C=O) groups is 1. The van der Waals surface area contributed by atoms with E-state index in [-0.39, 0.29) is 22.0 Å². The molecule has 88 valence electrons. The molecule has 17 heavy (non-hydrogen) atoms. The van der Waals surface area contributed by atoms with Crippen molar-refractivity contribution in [3.8, 4) is 17.0 Å². The number of nitrogens with zero attached hydrogens (tertiary/aromatic N) is 1. The Morgan fingerprint density at radius 2 is 2.12 bits per heavy atom. The number of halogens is 2. The van der Waals surface area contributed by atoms with Crippen molar-refractivity contribution in [3.63, 3.8) is 0 Å². The van der Waals surface area contributed by atoms with Crippen molar-refractivity contribution in [1.29, 1.82) is 0 Å². The Morgan fingerprint density at radius 3 is 2.71 bits per heavy atom. The Labute approximate surface area is 99.5 Å². The van der Waals surface area contributed by atoms with Gasteiger partial charge in [-0.15, -0.1) is 0 Å². The first kappa shape index (κ1) is 11.4. The maximum atomic E-state index is 13.2. The van der Waals surface area contributed by atoms with Crippen LogP contribution >= 0.6 is 11.6 Å². The Balaban J connectivity index is 2.56. The predicted octanol–water partition coefficient (Wildman–Crippen LogP) is 2.27. The second-order valence-corrected chi connectivity index (χ2v) is 3.69.